The van der Waals surface area contributed by atoms with Crippen LogP contribution in [0.15, 0.2) is 48.5 Å². The number of ether oxygens (including phenoxy) is 1. The number of halogens is 1. The second-order valence-electron chi connectivity index (χ2n) is 9.70. The van der Waals surface area contributed by atoms with Crippen LogP contribution in [0.1, 0.15) is 25.7 Å². The Bertz CT molecular complexity index is 1200. The minimum atomic E-state index is -0.625. The van der Waals surface area contributed by atoms with E-state index in [0.29, 0.717) is 28.2 Å². The van der Waals surface area contributed by atoms with Crippen LogP contribution in [-0.4, -0.2) is 30.2 Å². The topological polar surface area (TPSA) is 84.0 Å². The maximum absolute atomic E-state index is 13.1. The molecule has 2 heterocycles. The number of carbonyl (C=O) groups excluding carboxylic acids is 4. The lowest BCUT2D eigenvalue weighted by molar-refractivity contribution is -0.139. The van der Waals surface area contributed by atoms with Crippen LogP contribution < -0.4 is 14.5 Å². The Kier molecular flexibility index (Phi) is 4.99. The molecule has 2 aliphatic heterocycles. The van der Waals surface area contributed by atoms with Gasteiger partial charge in [0.05, 0.1) is 23.4 Å². The first-order valence-corrected chi connectivity index (χ1v) is 12.0. The fourth-order valence-corrected chi connectivity index (χ4v) is 6.49. The predicted molar refractivity (Wildman–Crippen MR) is 124 cm³/mol. The van der Waals surface area contributed by atoms with Crippen molar-refractivity contribution >= 4 is 46.7 Å². The van der Waals surface area contributed by atoms with Crippen LogP contribution in [0.4, 0.5) is 11.4 Å². The summed E-state index contributed by atoms with van der Waals surface area (Å²) in [6, 6.07) is 13.5. The van der Waals surface area contributed by atoms with E-state index in [1.165, 1.54) is 9.80 Å². The smallest absolute Gasteiger partial charge is 0.316 e. The molecule has 2 aliphatic carbocycles. The number of benzene rings is 2. The van der Waals surface area contributed by atoms with Crippen LogP contribution in [0.5, 0.6) is 5.75 Å². The van der Waals surface area contributed by atoms with E-state index in [2.05, 4.69) is 0 Å². The van der Waals surface area contributed by atoms with E-state index in [1.807, 2.05) is 0 Å². The van der Waals surface area contributed by atoms with Crippen molar-refractivity contribution in [1.29, 1.82) is 0 Å². The molecule has 0 radical (unpaired) electrons. The molecule has 2 saturated heterocycles. The second-order valence-corrected chi connectivity index (χ2v) is 10.1. The number of fused-ring (bicyclic) bond motifs is 5. The predicted octanol–water partition coefficient (Wildman–Crippen LogP) is 3.83. The molecule has 8 heteroatoms. The highest BCUT2D eigenvalue weighted by Gasteiger charge is 2.61. The zero-order valence-corrected chi connectivity index (χ0v) is 19.1. The summed E-state index contributed by atoms with van der Waals surface area (Å²) < 4.78 is 5.58. The fraction of sp³-hybridized carbons (Fsp3) is 0.385. The Balaban J connectivity index is 1.17. The van der Waals surface area contributed by atoms with Crippen molar-refractivity contribution in [3.05, 3.63) is 53.6 Å². The van der Waals surface area contributed by atoms with Gasteiger partial charge in [-0.25, -0.2) is 4.90 Å². The van der Waals surface area contributed by atoms with Gasteiger partial charge in [-0.05, 0) is 61.4 Å². The van der Waals surface area contributed by atoms with E-state index in [4.69, 9.17) is 16.3 Å². The molecule has 174 valence electrons. The summed E-state index contributed by atoms with van der Waals surface area (Å²) in [6.07, 6.45) is 3.05. The first-order valence-electron chi connectivity index (χ1n) is 11.7. The third kappa shape index (κ3) is 3.33. The lowest BCUT2D eigenvalue weighted by Crippen LogP contribution is -2.32. The molecule has 6 rings (SSSR count). The zero-order valence-electron chi connectivity index (χ0n) is 18.4. The highest BCUT2D eigenvalue weighted by molar-refractivity contribution is 6.31. The fourth-order valence-electron chi connectivity index (χ4n) is 6.31. The quantitative estimate of drug-likeness (QED) is 0.379. The number of amides is 3. The van der Waals surface area contributed by atoms with E-state index < -0.39 is 11.9 Å². The van der Waals surface area contributed by atoms with Gasteiger partial charge in [0, 0.05) is 29.7 Å². The standard InChI is InChI=1S/C26H23ClN2O5/c27-17-3-1-4-18(11-17)28-13-16(10-21(28)30)26(33)34-20-6-2-5-19(12-20)29-24(31)22-14-7-8-15(9-14)23(22)25(29)32/h1-6,11-12,14-16,22-23H,7-10,13H2/t14-,15-,16-,22-,23+/m0/s1. The van der Waals surface area contributed by atoms with Gasteiger partial charge in [0.1, 0.15) is 5.75 Å². The summed E-state index contributed by atoms with van der Waals surface area (Å²) >= 11 is 6.04. The van der Waals surface area contributed by atoms with E-state index in [0.717, 1.165) is 19.3 Å². The first-order chi connectivity index (χ1) is 16.4. The van der Waals surface area contributed by atoms with Crippen molar-refractivity contribution < 1.29 is 23.9 Å². The normalized spacial score (nSPS) is 29.8. The van der Waals surface area contributed by atoms with Crippen molar-refractivity contribution in [2.45, 2.75) is 25.7 Å². The van der Waals surface area contributed by atoms with Gasteiger partial charge in [-0.1, -0.05) is 23.7 Å². The number of rotatable bonds is 4. The molecule has 7 nitrogen and oxygen atoms in total. The van der Waals surface area contributed by atoms with Gasteiger partial charge in [-0.15, -0.1) is 0 Å². The summed E-state index contributed by atoms with van der Waals surface area (Å²) in [4.78, 5) is 54.4. The highest BCUT2D eigenvalue weighted by atomic mass is 35.5. The Morgan fingerprint density at radius 1 is 0.912 bits per heavy atom. The molecule has 2 saturated carbocycles. The number of hydrogen-bond acceptors (Lipinski definition) is 5. The van der Waals surface area contributed by atoms with Crippen molar-refractivity contribution in [2.75, 3.05) is 16.3 Å². The van der Waals surface area contributed by atoms with Crippen molar-refractivity contribution in [1.82, 2.24) is 0 Å². The molecular formula is C26H23ClN2O5. The highest BCUT2D eigenvalue weighted by Crippen LogP contribution is 2.56. The van der Waals surface area contributed by atoms with Crippen LogP contribution >= 0.6 is 11.6 Å². The van der Waals surface area contributed by atoms with Gasteiger partial charge in [0.25, 0.3) is 0 Å². The molecule has 2 aromatic carbocycles. The van der Waals surface area contributed by atoms with Crippen LogP contribution in [-0.2, 0) is 19.2 Å². The van der Waals surface area contributed by atoms with Crippen LogP contribution in [0.2, 0.25) is 5.02 Å². The SMILES string of the molecule is O=C(Oc1cccc(N2C(=O)[C@@H]3[C@H]4CC[C@@H](C4)[C@@H]3C2=O)c1)[C@H]1CC(=O)N(c2cccc(Cl)c2)C1. The zero-order chi connectivity index (χ0) is 23.6. The summed E-state index contributed by atoms with van der Waals surface area (Å²) in [5, 5.41) is 0.510. The second kappa shape index (κ2) is 7.94. The van der Waals surface area contributed by atoms with E-state index in [1.54, 1.807) is 48.5 Å². The number of hydrogen-bond donors (Lipinski definition) is 0. The van der Waals surface area contributed by atoms with Gasteiger partial charge in [0.2, 0.25) is 17.7 Å². The average molecular weight is 479 g/mol. The Hall–Kier alpha value is -3.19. The van der Waals surface area contributed by atoms with E-state index in [9.17, 15) is 19.2 Å². The average Bonchev–Trinajstić information content (AvgIpc) is 3.57. The minimum absolute atomic E-state index is 0.0419. The molecular weight excluding hydrogens is 456 g/mol. The molecule has 3 amide bonds. The summed E-state index contributed by atoms with van der Waals surface area (Å²) in [6.45, 7) is 0.201. The maximum Gasteiger partial charge on any atom is 0.316 e. The van der Waals surface area contributed by atoms with Gasteiger partial charge < -0.3 is 9.64 Å². The van der Waals surface area contributed by atoms with Gasteiger partial charge in [0.15, 0.2) is 0 Å². The van der Waals surface area contributed by atoms with Crippen LogP contribution in [0.25, 0.3) is 0 Å². The van der Waals surface area contributed by atoms with Crippen molar-refractivity contribution in [3.8, 4) is 5.75 Å². The lowest BCUT2D eigenvalue weighted by atomic mass is 9.81. The molecule has 0 N–H and O–H groups in total. The molecule has 0 spiro atoms. The van der Waals surface area contributed by atoms with Crippen LogP contribution in [0.3, 0.4) is 0 Å². The third-order valence-corrected chi connectivity index (χ3v) is 8.04. The molecule has 34 heavy (non-hydrogen) atoms. The van der Waals surface area contributed by atoms with Gasteiger partial charge in [-0.2, -0.15) is 0 Å². The van der Waals surface area contributed by atoms with Crippen molar-refractivity contribution in [2.24, 2.45) is 29.6 Å². The third-order valence-electron chi connectivity index (χ3n) is 7.80. The number of anilines is 2. The number of carbonyl (C=O) groups is 4. The molecule has 4 aliphatic rings. The summed E-state index contributed by atoms with van der Waals surface area (Å²) in [5.74, 6) is -1.15. The maximum atomic E-state index is 13.1. The summed E-state index contributed by atoms with van der Waals surface area (Å²) in [5.41, 5.74) is 1.07. The Morgan fingerprint density at radius 2 is 1.59 bits per heavy atom. The number of imide groups is 1. The monoisotopic (exact) mass is 478 g/mol. The number of nitrogens with zero attached hydrogens (tertiary/aromatic N) is 2. The van der Waals surface area contributed by atoms with Gasteiger partial charge >= 0.3 is 5.97 Å². The minimum Gasteiger partial charge on any atom is -0.426 e. The Morgan fingerprint density at radius 3 is 2.29 bits per heavy atom. The Labute approximate surface area is 201 Å². The van der Waals surface area contributed by atoms with Gasteiger partial charge in [-0.3, -0.25) is 19.2 Å². The molecule has 0 aromatic heterocycles. The van der Waals surface area contributed by atoms with Crippen LogP contribution in [0, 0.1) is 29.6 Å². The number of esters is 1. The van der Waals surface area contributed by atoms with Crippen molar-refractivity contribution in [3.63, 3.8) is 0 Å². The molecule has 4 fully saturated rings. The largest absolute Gasteiger partial charge is 0.426 e. The van der Waals surface area contributed by atoms with E-state index in [-0.39, 0.29) is 48.3 Å². The first kappa shape index (κ1) is 21.4. The van der Waals surface area contributed by atoms with E-state index >= 15 is 0 Å². The molecule has 5 atom stereocenters. The summed E-state index contributed by atoms with van der Waals surface area (Å²) in [7, 11) is 0. The molecule has 0 unspecified atom stereocenters. The molecule has 2 bridgehead atoms. The lowest BCUT2D eigenvalue weighted by Gasteiger charge is -2.19. The molecule has 2 aromatic rings.